The maximum Gasteiger partial charge on any atom is 0.262 e. The molecule has 7 heteroatoms. The number of anilines is 2. The van der Waals surface area contributed by atoms with Crippen LogP contribution in [-0.2, 0) is 4.79 Å². The van der Waals surface area contributed by atoms with Crippen molar-refractivity contribution in [2.75, 3.05) is 17.2 Å². The van der Waals surface area contributed by atoms with E-state index >= 15 is 0 Å². The molecule has 166 valence electrons. The highest BCUT2D eigenvalue weighted by Gasteiger charge is 2.11. The maximum atomic E-state index is 12.4. The van der Waals surface area contributed by atoms with Gasteiger partial charge in [-0.2, -0.15) is 0 Å². The van der Waals surface area contributed by atoms with E-state index in [1.165, 1.54) is 11.6 Å². The molecule has 3 aromatic carbocycles. The second-order valence-corrected chi connectivity index (χ2v) is 8.21. The molecule has 0 radical (unpaired) electrons. The van der Waals surface area contributed by atoms with Gasteiger partial charge < -0.3 is 15.4 Å². The quantitative estimate of drug-likeness (QED) is 0.381. The first-order chi connectivity index (χ1) is 15.4. The van der Waals surface area contributed by atoms with Gasteiger partial charge in [0.05, 0.1) is 10.6 Å². The summed E-state index contributed by atoms with van der Waals surface area (Å²) < 4.78 is 5.56. The fourth-order valence-corrected chi connectivity index (χ4v) is 3.48. The lowest BCUT2D eigenvalue weighted by Gasteiger charge is -2.11. The number of benzene rings is 3. The maximum absolute atomic E-state index is 12.4. The summed E-state index contributed by atoms with van der Waals surface area (Å²) in [5.74, 6) is 0.506. The van der Waals surface area contributed by atoms with Gasteiger partial charge in [0.1, 0.15) is 5.75 Å². The van der Waals surface area contributed by atoms with Crippen LogP contribution < -0.4 is 15.4 Å². The lowest BCUT2D eigenvalue weighted by molar-refractivity contribution is -0.118. The summed E-state index contributed by atoms with van der Waals surface area (Å²) in [6.07, 6.45) is 1.07. The molecule has 2 amide bonds. The van der Waals surface area contributed by atoms with Crippen LogP contribution in [0.5, 0.6) is 5.75 Å². The molecule has 3 rings (SSSR count). The molecule has 0 spiro atoms. The highest BCUT2D eigenvalue weighted by molar-refractivity contribution is 6.37. The Hall–Kier alpha value is -3.02. The third-order valence-corrected chi connectivity index (χ3v) is 5.58. The molecule has 2 N–H and O–H groups in total. The predicted octanol–water partition coefficient (Wildman–Crippen LogP) is 6.78. The van der Waals surface area contributed by atoms with Crippen LogP contribution in [0, 0.1) is 0 Å². The third-order valence-electron chi connectivity index (χ3n) is 5.03. The molecule has 0 unspecified atom stereocenters. The molecular weight excluding hydrogens is 447 g/mol. The van der Waals surface area contributed by atoms with Crippen molar-refractivity contribution >= 4 is 46.4 Å². The smallest absolute Gasteiger partial charge is 0.262 e. The van der Waals surface area contributed by atoms with Gasteiger partial charge in [0.15, 0.2) is 6.61 Å². The summed E-state index contributed by atoms with van der Waals surface area (Å²) in [6.45, 7) is 4.22. The number of hydrogen-bond acceptors (Lipinski definition) is 3. The molecule has 32 heavy (non-hydrogen) atoms. The van der Waals surface area contributed by atoms with Crippen molar-refractivity contribution in [1.29, 1.82) is 0 Å². The SMILES string of the molecule is CC[C@@H](C)c1ccc(OCC(=O)Nc2ccc(NC(=O)c3ccc(Cl)cc3Cl)cc2)cc1. The van der Waals surface area contributed by atoms with Crippen LogP contribution in [-0.4, -0.2) is 18.4 Å². The fraction of sp³-hybridized carbons (Fsp3) is 0.200. The van der Waals surface area contributed by atoms with Gasteiger partial charge in [-0.1, -0.05) is 49.2 Å². The number of carbonyl (C=O) groups excluding carboxylic acids is 2. The van der Waals surface area contributed by atoms with E-state index < -0.39 is 0 Å². The van der Waals surface area contributed by atoms with Crippen LogP contribution in [0.25, 0.3) is 0 Å². The molecule has 0 aromatic heterocycles. The Kier molecular flexibility index (Phi) is 8.14. The van der Waals surface area contributed by atoms with Gasteiger partial charge >= 0.3 is 0 Å². The lowest BCUT2D eigenvalue weighted by Crippen LogP contribution is -2.20. The van der Waals surface area contributed by atoms with E-state index in [1.54, 1.807) is 36.4 Å². The van der Waals surface area contributed by atoms with E-state index in [2.05, 4.69) is 24.5 Å². The molecule has 0 aliphatic rings. The van der Waals surface area contributed by atoms with E-state index in [0.717, 1.165) is 6.42 Å². The molecule has 0 saturated carbocycles. The molecule has 0 bridgehead atoms. The Morgan fingerprint density at radius 1 is 0.906 bits per heavy atom. The van der Waals surface area contributed by atoms with Crippen LogP contribution in [0.1, 0.15) is 42.1 Å². The van der Waals surface area contributed by atoms with Gasteiger partial charge in [0.25, 0.3) is 11.8 Å². The number of halogens is 2. The zero-order chi connectivity index (χ0) is 23.1. The molecule has 0 fully saturated rings. The lowest BCUT2D eigenvalue weighted by atomic mass is 9.99. The van der Waals surface area contributed by atoms with Crippen LogP contribution in [0.3, 0.4) is 0 Å². The molecule has 0 aliphatic heterocycles. The van der Waals surface area contributed by atoms with Crippen molar-refractivity contribution < 1.29 is 14.3 Å². The van der Waals surface area contributed by atoms with Gasteiger partial charge in [-0.15, -0.1) is 0 Å². The standard InChI is InChI=1S/C25H24Cl2N2O3/c1-3-16(2)17-4-11-21(12-5-17)32-15-24(30)28-19-7-9-20(10-8-19)29-25(31)22-13-6-18(26)14-23(22)27/h4-14,16H,3,15H2,1-2H3,(H,28,30)(H,29,31)/t16-/m1/s1. The topological polar surface area (TPSA) is 67.4 Å². The first-order valence-electron chi connectivity index (χ1n) is 10.2. The highest BCUT2D eigenvalue weighted by atomic mass is 35.5. The first kappa shape index (κ1) is 23.6. The molecule has 0 aliphatic carbocycles. The minimum atomic E-state index is -0.351. The average Bonchev–Trinajstić information content (AvgIpc) is 2.78. The van der Waals surface area contributed by atoms with E-state index in [4.69, 9.17) is 27.9 Å². The van der Waals surface area contributed by atoms with Gasteiger partial charge in [0.2, 0.25) is 0 Å². The summed E-state index contributed by atoms with van der Waals surface area (Å²) in [5, 5.41) is 6.25. The van der Waals surface area contributed by atoms with Crippen molar-refractivity contribution in [2.24, 2.45) is 0 Å². The van der Waals surface area contributed by atoms with Gasteiger partial charge in [-0.05, 0) is 72.5 Å². The predicted molar refractivity (Wildman–Crippen MR) is 130 cm³/mol. The molecule has 0 saturated heterocycles. The largest absolute Gasteiger partial charge is 0.484 e. The molecule has 3 aromatic rings. The molecule has 1 atom stereocenters. The summed E-state index contributed by atoms with van der Waals surface area (Å²) >= 11 is 11.9. The summed E-state index contributed by atoms with van der Waals surface area (Å²) in [5.41, 5.74) is 2.72. The summed E-state index contributed by atoms with van der Waals surface area (Å²) in [4.78, 5) is 24.6. The van der Waals surface area contributed by atoms with Crippen LogP contribution in [0.2, 0.25) is 10.0 Å². The van der Waals surface area contributed by atoms with Crippen LogP contribution >= 0.6 is 23.2 Å². The minimum Gasteiger partial charge on any atom is -0.484 e. The number of ether oxygens (including phenoxy) is 1. The number of carbonyl (C=O) groups is 2. The van der Waals surface area contributed by atoms with Crippen LogP contribution in [0.4, 0.5) is 11.4 Å². The zero-order valence-corrected chi connectivity index (χ0v) is 19.3. The Balaban J connectivity index is 1.50. The normalized spacial score (nSPS) is 11.5. The monoisotopic (exact) mass is 470 g/mol. The van der Waals surface area contributed by atoms with Crippen LogP contribution in [0.15, 0.2) is 66.7 Å². The molecular formula is C25H24Cl2N2O3. The average molecular weight is 471 g/mol. The van der Waals surface area contributed by atoms with Crippen molar-refractivity contribution in [1.82, 2.24) is 0 Å². The summed E-state index contributed by atoms with van der Waals surface area (Å²) in [6, 6.07) is 19.2. The van der Waals surface area contributed by atoms with Crippen molar-refractivity contribution in [3.8, 4) is 5.75 Å². The number of rotatable bonds is 8. The van der Waals surface area contributed by atoms with E-state index in [9.17, 15) is 9.59 Å². The Bertz CT molecular complexity index is 1080. The molecule has 0 heterocycles. The first-order valence-corrected chi connectivity index (χ1v) is 11.0. The fourth-order valence-electron chi connectivity index (χ4n) is 2.98. The Morgan fingerprint density at radius 3 is 2.12 bits per heavy atom. The van der Waals surface area contributed by atoms with Gasteiger partial charge in [-0.25, -0.2) is 0 Å². The molecule has 5 nitrogen and oxygen atoms in total. The van der Waals surface area contributed by atoms with Crippen molar-refractivity contribution in [3.63, 3.8) is 0 Å². The van der Waals surface area contributed by atoms with Crippen molar-refractivity contribution in [3.05, 3.63) is 87.9 Å². The minimum absolute atomic E-state index is 0.101. The van der Waals surface area contributed by atoms with Gasteiger partial charge in [-0.3, -0.25) is 9.59 Å². The highest BCUT2D eigenvalue weighted by Crippen LogP contribution is 2.23. The number of hydrogen-bond donors (Lipinski definition) is 2. The number of amides is 2. The second kappa shape index (κ2) is 11.0. The van der Waals surface area contributed by atoms with E-state index in [-0.39, 0.29) is 23.4 Å². The second-order valence-electron chi connectivity index (χ2n) is 7.37. The van der Waals surface area contributed by atoms with Crippen molar-refractivity contribution in [2.45, 2.75) is 26.2 Å². The van der Waals surface area contributed by atoms with E-state index in [0.29, 0.717) is 33.6 Å². The zero-order valence-electron chi connectivity index (χ0n) is 17.8. The summed E-state index contributed by atoms with van der Waals surface area (Å²) in [7, 11) is 0. The van der Waals surface area contributed by atoms with E-state index in [1.807, 2.05) is 24.3 Å². The Labute approximate surface area is 197 Å². The van der Waals surface area contributed by atoms with Gasteiger partial charge in [0, 0.05) is 16.4 Å². The third kappa shape index (κ3) is 6.49. The Morgan fingerprint density at radius 2 is 1.53 bits per heavy atom. The number of nitrogens with one attached hydrogen (secondary N) is 2.